The van der Waals surface area contributed by atoms with E-state index < -0.39 is 0 Å². The Morgan fingerprint density at radius 3 is 2.94 bits per heavy atom. The highest BCUT2D eigenvalue weighted by Gasteiger charge is 2.27. The smallest absolute Gasteiger partial charge is 0.124 e. The Balaban J connectivity index is 1.45. The third-order valence-corrected chi connectivity index (χ3v) is 7.02. The Bertz CT molecular complexity index is 1190. The fourth-order valence-electron chi connectivity index (χ4n) is 4.27. The van der Waals surface area contributed by atoms with Crippen LogP contribution in [0.1, 0.15) is 29.6 Å². The Labute approximate surface area is 185 Å². The van der Waals surface area contributed by atoms with Crippen molar-refractivity contribution in [1.29, 1.82) is 0 Å². The first kappa shape index (κ1) is 20.2. The van der Waals surface area contributed by atoms with E-state index >= 15 is 0 Å². The summed E-state index contributed by atoms with van der Waals surface area (Å²) in [5.74, 6) is -0.183. The lowest BCUT2D eigenvalue weighted by molar-refractivity contribution is 0.268. The van der Waals surface area contributed by atoms with E-state index in [1.165, 1.54) is 5.56 Å². The molecule has 2 N–H and O–H groups in total. The van der Waals surface area contributed by atoms with Crippen molar-refractivity contribution in [1.82, 2.24) is 20.2 Å². The molecule has 2 aromatic heterocycles. The lowest BCUT2D eigenvalue weighted by Gasteiger charge is -2.36. The summed E-state index contributed by atoms with van der Waals surface area (Å²) >= 11 is 1.72. The van der Waals surface area contributed by atoms with Gasteiger partial charge >= 0.3 is 0 Å². The number of rotatable bonds is 5. The molecule has 1 fully saturated rings. The molecule has 2 aliphatic heterocycles. The molecule has 3 aromatic rings. The topological polar surface area (TPSA) is 53.1 Å². The zero-order valence-corrected chi connectivity index (χ0v) is 18.4. The van der Waals surface area contributed by atoms with Gasteiger partial charge in [0, 0.05) is 43.3 Å². The van der Waals surface area contributed by atoms with Gasteiger partial charge in [0.1, 0.15) is 16.5 Å². The van der Waals surface area contributed by atoms with Crippen molar-refractivity contribution in [3.8, 4) is 0 Å². The van der Waals surface area contributed by atoms with Crippen molar-refractivity contribution in [2.24, 2.45) is 0 Å². The third kappa shape index (κ3) is 4.20. The maximum atomic E-state index is 13.2. The summed E-state index contributed by atoms with van der Waals surface area (Å²) < 4.78 is 13.2. The Morgan fingerprint density at radius 1 is 1.23 bits per heavy atom. The van der Waals surface area contributed by atoms with Crippen LogP contribution in [-0.4, -0.2) is 40.5 Å². The molecule has 31 heavy (non-hydrogen) atoms. The number of nitrogens with zero attached hydrogens (tertiary/aromatic N) is 3. The van der Waals surface area contributed by atoms with Crippen LogP contribution in [0.25, 0.3) is 11.9 Å². The van der Waals surface area contributed by atoms with Gasteiger partial charge in [0.2, 0.25) is 0 Å². The van der Waals surface area contributed by atoms with Crippen molar-refractivity contribution in [2.45, 2.75) is 32.2 Å². The normalized spacial score (nSPS) is 17.9. The minimum atomic E-state index is -0.183. The van der Waals surface area contributed by atoms with E-state index in [9.17, 15) is 4.39 Å². The fraction of sp³-hybridized carbons (Fsp3) is 0.333. The number of thiazole rings is 1. The number of nitrogens with one attached hydrogen (secondary N) is 2. The molecule has 0 amide bonds. The van der Waals surface area contributed by atoms with Crippen molar-refractivity contribution < 1.29 is 4.39 Å². The fourth-order valence-corrected chi connectivity index (χ4v) is 5.15. The molecule has 160 valence electrons. The number of aromatic nitrogens is 2. The SMILES string of the molecule is CCc1nc2c(s1)NC=c1cccnc1=C2N1CCNC(CCc2ccc(F)cc2)C1. The van der Waals surface area contributed by atoms with Crippen LogP contribution in [0, 0.1) is 5.82 Å². The van der Waals surface area contributed by atoms with E-state index in [0.29, 0.717) is 6.04 Å². The van der Waals surface area contributed by atoms with Crippen molar-refractivity contribution in [2.75, 3.05) is 25.0 Å². The van der Waals surface area contributed by atoms with Crippen LogP contribution in [-0.2, 0) is 12.8 Å². The molecule has 1 saturated heterocycles. The molecule has 0 spiro atoms. The zero-order valence-electron chi connectivity index (χ0n) is 17.6. The lowest BCUT2D eigenvalue weighted by Crippen LogP contribution is -2.52. The van der Waals surface area contributed by atoms with E-state index in [2.05, 4.69) is 28.5 Å². The number of fused-ring (bicyclic) bond motifs is 2. The Kier molecular flexibility index (Phi) is 5.70. The number of benzene rings is 1. The first-order chi connectivity index (χ1) is 15.2. The monoisotopic (exact) mass is 435 g/mol. The minimum Gasteiger partial charge on any atom is -0.365 e. The van der Waals surface area contributed by atoms with E-state index in [-0.39, 0.29) is 5.82 Å². The molecule has 0 bridgehead atoms. The Morgan fingerprint density at radius 2 is 2.10 bits per heavy atom. The molecule has 0 aliphatic carbocycles. The highest BCUT2D eigenvalue weighted by atomic mass is 32.1. The zero-order chi connectivity index (χ0) is 21.2. The maximum absolute atomic E-state index is 13.2. The first-order valence-electron chi connectivity index (χ1n) is 10.9. The average molecular weight is 436 g/mol. The number of pyridine rings is 1. The summed E-state index contributed by atoms with van der Waals surface area (Å²) in [6, 6.07) is 11.3. The van der Waals surface area contributed by atoms with Gasteiger partial charge in [0.05, 0.1) is 16.1 Å². The summed E-state index contributed by atoms with van der Waals surface area (Å²) in [5, 5.41) is 11.4. The maximum Gasteiger partial charge on any atom is 0.124 e. The predicted octanol–water partition coefficient (Wildman–Crippen LogP) is 2.47. The number of hydrogen-bond acceptors (Lipinski definition) is 6. The first-order valence-corrected chi connectivity index (χ1v) is 11.7. The van der Waals surface area contributed by atoms with Crippen LogP contribution in [0.5, 0.6) is 0 Å². The van der Waals surface area contributed by atoms with Gasteiger partial charge in [-0.1, -0.05) is 19.1 Å². The standard InChI is InChI=1S/C24H26FN5S/c1-2-20-29-22-23(21-17(4-3-11-27-21)14-28-24(22)31-20)30-13-12-26-19(15-30)10-7-16-5-8-18(25)9-6-16/h3-6,8-9,11,14,19,26,28H,2,7,10,12-13,15H2,1H3. The number of aryl methyl sites for hydroxylation is 2. The van der Waals surface area contributed by atoms with E-state index in [4.69, 9.17) is 9.97 Å². The predicted molar refractivity (Wildman–Crippen MR) is 124 cm³/mol. The molecule has 5 rings (SSSR count). The molecule has 2 aliphatic rings. The molecule has 4 heterocycles. The summed E-state index contributed by atoms with van der Waals surface area (Å²) in [6.07, 6.45) is 6.74. The second-order valence-corrected chi connectivity index (χ2v) is 9.06. The highest BCUT2D eigenvalue weighted by molar-refractivity contribution is 7.16. The number of anilines is 1. The number of halogens is 1. The summed E-state index contributed by atoms with van der Waals surface area (Å²) in [7, 11) is 0. The van der Waals surface area contributed by atoms with Crippen molar-refractivity contribution in [3.05, 3.63) is 75.2 Å². The summed E-state index contributed by atoms with van der Waals surface area (Å²) in [4.78, 5) is 12.2. The molecule has 0 saturated carbocycles. The van der Waals surface area contributed by atoms with Crippen molar-refractivity contribution in [3.63, 3.8) is 0 Å². The number of piperazine rings is 1. The molecule has 7 heteroatoms. The van der Waals surface area contributed by atoms with Gasteiger partial charge < -0.3 is 15.5 Å². The third-order valence-electron chi connectivity index (χ3n) is 5.89. The van der Waals surface area contributed by atoms with Gasteiger partial charge in [-0.2, -0.15) is 0 Å². The second-order valence-electron chi connectivity index (χ2n) is 7.98. The molecule has 1 aromatic carbocycles. The van der Waals surface area contributed by atoms with Crippen LogP contribution in [0.2, 0.25) is 0 Å². The molecular formula is C24H26FN5S. The second kappa shape index (κ2) is 8.77. The highest BCUT2D eigenvalue weighted by Crippen LogP contribution is 2.32. The van der Waals surface area contributed by atoms with E-state index in [0.717, 1.165) is 70.9 Å². The largest absolute Gasteiger partial charge is 0.365 e. The van der Waals surface area contributed by atoms with Gasteiger partial charge in [0.15, 0.2) is 0 Å². The van der Waals surface area contributed by atoms with Crippen LogP contribution >= 0.6 is 11.3 Å². The van der Waals surface area contributed by atoms with Crippen LogP contribution in [0.3, 0.4) is 0 Å². The molecule has 1 unspecified atom stereocenters. The minimum absolute atomic E-state index is 0.183. The van der Waals surface area contributed by atoms with Crippen LogP contribution < -0.4 is 21.2 Å². The van der Waals surface area contributed by atoms with E-state index in [1.54, 1.807) is 23.5 Å². The van der Waals surface area contributed by atoms with Gasteiger partial charge in [-0.05, 0) is 49.1 Å². The molecule has 0 radical (unpaired) electrons. The molecule has 1 atom stereocenters. The summed E-state index contributed by atoms with van der Waals surface area (Å²) in [5.41, 5.74) is 3.30. The van der Waals surface area contributed by atoms with E-state index in [1.807, 2.05) is 30.6 Å². The van der Waals surface area contributed by atoms with Gasteiger partial charge in [-0.3, -0.25) is 4.98 Å². The molecule has 5 nitrogen and oxygen atoms in total. The van der Waals surface area contributed by atoms with Gasteiger partial charge in [-0.15, -0.1) is 11.3 Å². The average Bonchev–Trinajstić information content (AvgIpc) is 3.15. The van der Waals surface area contributed by atoms with Gasteiger partial charge in [-0.25, -0.2) is 9.37 Å². The summed E-state index contributed by atoms with van der Waals surface area (Å²) in [6.45, 7) is 4.86. The quantitative estimate of drug-likeness (QED) is 0.645. The van der Waals surface area contributed by atoms with Crippen LogP contribution in [0.4, 0.5) is 9.39 Å². The van der Waals surface area contributed by atoms with Crippen LogP contribution in [0.15, 0.2) is 42.6 Å². The van der Waals surface area contributed by atoms with Crippen molar-refractivity contribution >= 4 is 28.2 Å². The van der Waals surface area contributed by atoms with Gasteiger partial charge in [0.25, 0.3) is 0 Å². The Hall–Kier alpha value is -2.77. The number of hydrogen-bond donors (Lipinski definition) is 2. The lowest BCUT2D eigenvalue weighted by atomic mass is 10.0. The molecular weight excluding hydrogens is 409 g/mol.